The molecule has 0 amide bonds. The molecule has 0 aliphatic rings. The molecule has 1 heterocycles. The van der Waals surface area contributed by atoms with Gasteiger partial charge in [-0.15, -0.1) is 0 Å². The van der Waals surface area contributed by atoms with Crippen molar-refractivity contribution in [3.63, 3.8) is 0 Å². The molecule has 1 aromatic heterocycles. The van der Waals surface area contributed by atoms with Crippen molar-refractivity contribution in [1.82, 2.24) is 0 Å². The summed E-state index contributed by atoms with van der Waals surface area (Å²) in [6.07, 6.45) is 0. The predicted octanol–water partition coefficient (Wildman–Crippen LogP) is 3.32. The molecule has 8 heteroatoms. The van der Waals surface area contributed by atoms with E-state index in [9.17, 15) is 14.9 Å². The standard InChI is InChI=1S/C13H10BrNO6/c1-19-10-3-2-9(15(17)18)6-8(10)7-20-13(16)11-4-5-12(14)21-11/h2-6H,7H2,1H3. The Morgan fingerprint density at radius 2 is 2.14 bits per heavy atom. The minimum absolute atomic E-state index is 0.0336. The summed E-state index contributed by atoms with van der Waals surface area (Å²) in [7, 11) is 1.43. The average molecular weight is 356 g/mol. The highest BCUT2D eigenvalue weighted by Crippen LogP contribution is 2.25. The fourth-order valence-electron chi connectivity index (χ4n) is 1.63. The molecule has 2 rings (SSSR count). The van der Waals surface area contributed by atoms with Gasteiger partial charge < -0.3 is 13.9 Å². The third-order valence-electron chi connectivity index (χ3n) is 2.61. The number of halogens is 1. The molecule has 0 unspecified atom stereocenters. The van der Waals surface area contributed by atoms with E-state index in [1.54, 1.807) is 6.07 Å². The molecule has 2 aromatic rings. The molecule has 0 atom stereocenters. The van der Waals surface area contributed by atoms with E-state index in [1.807, 2.05) is 0 Å². The number of rotatable bonds is 5. The van der Waals surface area contributed by atoms with E-state index in [-0.39, 0.29) is 18.1 Å². The van der Waals surface area contributed by atoms with E-state index in [2.05, 4.69) is 15.9 Å². The smallest absolute Gasteiger partial charge is 0.374 e. The van der Waals surface area contributed by atoms with Crippen LogP contribution in [0.25, 0.3) is 0 Å². The summed E-state index contributed by atoms with van der Waals surface area (Å²) in [6, 6.07) is 7.07. The van der Waals surface area contributed by atoms with Gasteiger partial charge in [-0.25, -0.2) is 4.79 Å². The molecule has 0 aliphatic carbocycles. The Hall–Kier alpha value is -2.35. The maximum absolute atomic E-state index is 11.7. The lowest BCUT2D eigenvalue weighted by Crippen LogP contribution is -2.05. The first kappa shape index (κ1) is 15.0. The Balaban J connectivity index is 2.13. The normalized spacial score (nSPS) is 10.2. The molecule has 7 nitrogen and oxygen atoms in total. The SMILES string of the molecule is COc1ccc([N+](=O)[O-])cc1COC(=O)c1ccc(Br)o1. The minimum Gasteiger partial charge on any atom is -0.496 e. The van der Waals surface area contributed by atoms with Crippen LogP contribution in [-0.2, 0) is 11.3 Å². The Kier molecular flexibility index (Phi) is 4.59. The van der Waals surface area contributed by atoms with Crippen molar-refractivity contribution < 1.29 is 23.6 Å². The number of nitro benzene ring substituents is 1. The maximum Gasteiger partial charge on any atom is 0.374 e. The van der Waals surface area contributed by atoms with Crippen LogP contribution >= 0.6 is 15.9 Å². The highest BCUT2D eigenvalue weighted by Gasteiger charge is 2.16. The molecule has 1 aromatic carbocycles. The lowest BCUT2D eigenvalue weighted by Gasteiger charge is -2.08. The summed E-state index contributed by atoms with van der Waals surface area (Å²) >= 11 is 3.08. The van der Waals surface area contributed by atoms with Crippen LogP contribution < -0.4 is 4.74 Å². The number of hydrogen-bond acceptors (Lipinski definition) is 6. The number of nitrogens with zero attached hydrogens (tertiary/aromatic N) is 1. The number of nitro groups is 1. The number of non-ortho nitro benzene ring substituents is 1. The highest BCUT2D eigenvalue weighted by atomic mass is 79.9. The van der Waals surface area contributed by atoms with Gasteiger partial charge in [0.2, 0.25) is 5.76 Å². The largest absolute Gasteiger partial charge is 0.496 e. The second-order valence-electron chi connectivity index (χ2n) is 3.93. The zero-order chi connectivity index (χ0) is 15.4. The first-order valence-electron chi connectivity index (χ1n) is 5.75. The number of esters is 1. The van der Waals surface area contributed by atoms with Gasteiger partial charge in [0.25, 0.3) is 5.69 Å². The van der Waals surface area contributed by atoms with Gasteiger partial charge in [-0.2, -0.15) is 0 Å². The number of hydrogen-bond donors (Lipinski definition) is 0. The summed E-state index contributed by atoms with van der Waals surface area (Å²) < 4.78 is 15.6. The van der Waals surface area contributed by atoms with Crippen molar-refractivity contribution in [3.8, 4) is 5.75 Å². The van der Waals surface area contributed by atoms with E-state index < -0.39 is 10.9 Å². The minimum atomic E-state index is -0.672. The van der Waals surface area contributed by atoms with Gasteiger partial charge in [-0.05, 0) is 34.1 Å². The molecule has 0 saturated carbocycles. The summed E-state index contributed by atoms with van der Waals surface area (Å²) in [4.78, 5) is 22.0. The number of ether oxygens (including phenoxy) is 2. The van der Waals surface area contributed by atoms with Gasteiger partial charge >= 0.3 is 5.97 Å². The van der Waals surface area contributed by atoms with E-state index in [4.69, 9.17) is 13.9 Å². The van der Waals surface area contributed by atoms with Gasteiger partial charge in [0.15, 0.2) is 4.67 Å². The van der Waals surface area contributed by atoms with Crippen LogP contribution in [0.1, 0.15) is 16.1 Å². The summed E-state index contributed by atoms with van der Waals surface area (Å²) in [5, 5.41) is 10.8. The molecule has 0 N–H and O–H groups in total. The number of furan rings is 1. The van der Waals surface area contributed by atoms with Crippen LogP contribution in [0.3, 0.4) is 0 Å². The van der Waals surface area contributed by atoms with Crippen LogP contribution in [-0.4, -0.2) is 18.0 Å². The third-order valence-corrected chi connectivity index (χ3v) is 3.03. The molecule has 110 valence electrons. The fraction of sp³-hybridized carbons (Fsp3) is 0.154. The molecule has 0 fully saturated rings. The summed E-state index contributed by atoms with van der Waals surface area (Å²) in [6.45, 7) is -0.165. The van der Waals surface area contributed by atoms with Gasteiger partial charge in [-0.3, -0.25) is 10.1 Å². The van der Waals surface area contributed by atoms with Gasteiger partial charge in [0.05, 0.1) is 12.0 Å². The number of carbonyl (C=O) groups excluding carboxylic acids is 1. The van der Waals surface area contributed by atoms with Crippen molar-refractivity contribution >= 4 is 27.6 Å². The van der Waals surface area contributed by atoms with Crippen LogP contribution in [0.5, 0.6) is 5.75 Å². The topological polar surface area (TPSA) is 91.8 Å². The molecule has 0 spiro atoms. The number of benzene rings is 1. The number of methoxy groups -OCH3 is 1. The second kappa shape index (κ2) is 6.40. The van der Waals surface area contributed by atoms with E-state index in [0.29, 0.717) is 16.0 Å². The van der Waals surface area contributed by atoms with Crippen molar-refractivity contribution in [2.24, 2.45) is 0 Å². The van der Waals surface area contributed by atoms with Crippen LogP contribution in [0.4, 0.5) is 5.69 Å². The first-order chi connectivity index (χ1) is 10.0. The summed E-state index contributed by atoms with van der Waals surface area (Å²) in [5.41, 5.74) is 0.285. The lowest BCUT2D eigenvalue weighted by molar-refractivity contribution is -0.385. The molecular formula is C13H10BrNO6. The zero-order valence-corrected chi connectivity index (χ0v) is 12.5. The van der Waals surface area contributed by atoms with Crippen molar-refractivity contribution in [3.05, 3.63) is 56.4 Å². The maximum atomic E-state index is 11.7. The molecule has 21 heavy (non-hydrogen) atoms. The van der Waals surface area contributed by atoms with E-state index >= 15 is 0 Å². The predicted molar refractivity (Wildman–Crippen MR) is 75.2 cm³/mol. The second-order valence-corrected chi connectivity index (χ2v) is 4.71. The van der Waals surface area contributed by atoms with Crippen molar-refractivity contribution in [1.29, 1.82) is 0 Å². The van der Waals surface area contributed by atoms with E-state index in [1.165, 1.54) is 31.4 Å². The molecule has 0 bridgehead atoms. The van der Waals surface area contributed by atoms with Gasteiger partial charge in [0.1, 0.15) is 12.4 Å². The Morgan fingerprint density at radius 3 is 2.71 bits per heavy atom. The Morgan fingerprint density at radius 1 is 1.38 bits per heavy atom. The Labute approximate surface area is 127 Å². The molecule has 0 saturated heterocycles. The fourth-order valence-corrected chi connectivity index (χ4v) is 1.94. The van der Waals surface area contributed by atoms with E-state index in [0.717, 1.165) is 0 Å². The average Bonchev–Trinajstić information content (AvgIpc) is 2.91. The van der Waals surface area contributed by atoms with Crippen molar-refractivity contribution in [2.75, 3.05) is 7.11 Å². The molecule has 0 radical (unpaired) electrons. The summed E-state index contributed by atoms with van der Waals surface area (Å²) in [5.74, 6) is -0.241. The zero-order valence-electron chi connectivity index (χ0n) is 10.9. The Bertz CT molecular complexity index is 681. The quantitative estimate of drug-likeness (QED) is 0.464. The highest BCUT2D eigenvalue weighted by molar-refractivity contribution is 9.10. The van der Waals surface area contributed by atoms with Crippen molar-refractivity contribution in [2.45, 2.75) is 6.61 Å². The molecule has 0 aliphatic heterocycles. The van der Waals surface area contributed by atoms with Gasteiger partial charge in [-0.1, -0.05) is 0 Å². The van der Waals surface area contributed by atoms with Gasteiger partial charge in [0, 0.05) is 17.7 Å². The monoisotopic (exact) mass is 355 g/mol. The third kappa shape index (κ3) is 3.60. The van der Waals surface area contributed by atoms with Crippen LogP contribution in [0.2, 0.25) is 0 Å². The molecular weight excluding hydrogens is 346 g/mol. The van der Waals surface area contributed by atoms with Crippen LogP contribution in [0, 0.1) is 10.1 Å². The number of carbonyl (C=O) groups is 1. The lowest BCUT2D eigenvalue weighted by atomic mass is 10.2. The van der Waals surface area contributed by atoms with Crippen LogP contribution in [0.15, 0.2) is 39.4 Å². The first-order valence-corrected chi connectivity index (χ1v) is 6.54.